The Hall–Kier alpha value is -0.630. The summed E-state index contributed by atoms with van der Waals surface area (Å²) in [6.45, 7) is 10.9. The van der Waals surface area contributed by atoms with Crippen molar-refractivity contribution in [3.8, 4) is 5.75 Å². The highest BCUT2D eigenvalue weighted by atomic mass is 32.2. The smallest absolute Gasteiger partial charge is 0.121 e. The molecule has 0 aliphatic carbocycles. The molecule has 0 bridgehead atoms. The van der Waals surface area contributed by atoms with Crippen molar-refractivity contribution in [2.45, 2.75) is 58.0 Å². The summed E-state index contributed by atoms with van der Waals surface area (Å²) in [6.07, 6.45) is 1.79. The van der Waals surface area contributed by atoms with Crippen LogP contribution in [0.25, 0.3) is 0 Å². The quantitative estimate of drug-likeness (QED) is 0.848. The molecule has 0 heterocycles. The Morgan fingerprint density at radius 1 is 1.06 bits per heavy atom. The van der Waals surface area contributed by atoms with Gasteiger partial charge in [-0.1, -0.05) is 46.8 Å². The van der Waals surface area contributed by atoms with Crippen LogP contribution < -0.4 is 0 Å². The van der Waals surface area contributed by atoms with E-state index in [0.717, 1.165) is 29.7 Å². The largest absolute Gasteiger partial charge is 0.507 e. The van der Waals surface area contributed by atoms with E-state index in [9.17, 15) is 5.11 Å². The summed E-state index contributed by atoms with van der Waals surface area (Å²) < 4.78 is 0.288. The van der Waals surface area contributed by atoms with Crippen molar-refractivity contribution in [1.82, 2.24) is 0 Å². The number of hydrogen-bond acceptors (Lipinski definition) is 2. The Morgan fingerprint density at radius 3 is 1.88 bits per heavy atom. The third-order valence-corrected chi connectivity index (χ3v) is 4.10. The van der Waals surface area contributed by atoms with Crippen molar-refractivity contribution in [3.63, 3.8) is 0 Å². The van der Waals surface area contributed by atoms with Gasteiger partial charge in [0.1, 0.15) is 5.75 Å². The monoisotopic (exact) mass is 252 g/mol. The van der Waals surface area contributed by atoms with E-state index in [1.54, 1.807) is 0 Å². The van der Waals surface area contributed by atoms with Crippen LogP contribution >= 0.6 is 11.8 Å². The fraction of sp³-hybridized carbons (Fsp3) is 0.600. The average Bonchev–Trinajstić information content (AvgIpc) is 2.26. The zero-order valence-electron chi connectivity index (χ0n) is 11.6. The summed E-state index contributed by atoms with van der Waals surface area (Å²) in [6, 6.07) is 4.29. The van der Waals surface area contributed by atoms with Crippen molar-refractivity contribution in [2.24, 2.45) is 0 Å². The highest BCUT2D eigenvalue weighted by molar-refractivity contribution is 7.99. The first-order chi connectivity index (χ1) is 7.87. The van der Waals surface area contributed by atoms with E-state index in [0.29, 0.717) is 5.75 Å². The number of phenolic OH excluding ortho intramolecular Hbond substituents is 1. The van der Waals surface area contributed by atoms with Crippen LogP contribution in [0.4, 0.5) is 0 Å². The Kier molecular flexibility index (Phi) is 4.93. The van der Waals surface area contributed by atoms with Crippen LogP contribution in [0.3, 0.4) is 0 Å². The number of thioether (sulfide) groups is 1. The normalized spacial score (nSPS) is 11.8. The molecule has 0 radical (unpaired) electrons. The predicted molar refractivity (Wildman–Crippen MR) is 77.9 cm³/mol. The maximum Gasteiger partial charge on any atom is 0.121 e. The molecule has 1 N–H and O–H groups in total. The minimum Gasteiger partial charge on any atom is -0.507 e. The van der Waals surface area contributed by atoms with Crippen LogP contribution in [0.5, 0.6) is 5.75 Å². The zero-order valence-corrected chi connectivity index (χ0v) is 12.4. The number of phenols is 1. The molecule has 0 fully saturated rings. The van der Waals surface area contributed by atoms with Gasteiger partial charge < -0.3 is 5.11 Å². The first-order valence-corrected chi connectivity index (χ1v) is 7.33. The second-order valence-corrected chi connectivity index (χ2v) is 7.17. The number of benzene rings is 1. The SMILES string of the molecule is CCc1cc(CSC(C)(C)C)cc(CC)c1O. The molecular weight excluding hydrogens is 228 g/mol. The van der Waals surface area contributed by atoms with Gasteiger partial charge in [-0.25, -0.2) is 0 Å². The zero-order chi connectivity index (χ0) is 13.1. The fourth-order valence-electron chi connectivity index (χ4n) is 1.75. The van der Waals surface area contributed by atoms with Crippen molar-refractivity contribution in [3.05, 3.63) is 28.8 Å². The highest BCUT2D eigenvalue weighted by Gasteiger charge is 2.12. The van der Waals surface area contributed by atoms with Gasteiger partial charge in [0, 0.05) is 10.5 Å². The first kappa shape index (κ1) is 14.4. The molecule has 1 aromatic rings. The maximum absolute atomic E-state index is 10.0. The lowest BCUT2D eigenvalue weighted by Gasteiger charge is -2.18. The van der Waals surface area contributed by atoms with Gasteiger partial charge in [0.2, 0.25) is 0 Å². The van der Waals surface area contributed by atoms with Gasteiger partial charge >= 0.3 is 0 Å². The van der Waals surface area contributed by atoms with Gasteiger partial charge in [-0.2, -0.15) is 11.8 Å². The van der Waals surface area contributed by atoms with Crippen LogP contribution in [0.1, 0.15) is 51.3 Å². The summed E-state index contributed by atoms with van der Waals surface area (Å²) in [4.78, 5) is 0. The molecule has 0 aliphatic heterocycles. The maximum atomic E-state index is 10.0. The minimum absolute atomic E-state index is 0.288. The van der Waals surface area contributed by atoms with Gasteiger partial charge in [0.05, 0.1) is 0 Å². The van der Waals surface area contributed by atoms with E-state index in [-0.39, 0.29) is 4.75 Å². The highest BCUT2D eigenvalue weighted by Crippen LogP contribution is 2.31. The molecule has 17 heavy (non-hydrogen) atoms. The van der Waals surface area contributed by atoms with Gasteiger partial charge in [-0.05, 0) is 29.5 Å². The Balaban J connectivity index is 2.93. The fourth-order valence-corrected chi connectivity index (χ4v) is 2.52. The first-order valence-electron chi connectivity index (χ1n) is 6.35. The molecule has 1 rings (SSSR count). The molecule has 0 unspecified atom stereocenters. The van der Waals surface area contributed by atoms with E-state index in [1.807, 2.05) is 11.8 Å². The standard InChI is InChI=1S/C15H24OS/c1-6-12-8-11(10-17-15(3,4)5)9-13(7-2)14(12)16/h8-9,16H,6-7,10H2,1-5H3. The Morgan fingerprint density at radius 2 is 1.53 bits per heavy atom. The summed E-state index contributed by atoms with van der Waals surface area (Å²) >= 11 is 1.95. The lowest BCUT2D eigenvalue weighted by Crippen LogP contribution is -2.07. The average molecular weight is 252 g/mol. The van der Waals surface area contributed by atoms with E-state index >= 15 is 0 Å². The predicted octanol–water partition coefficient (Wildman–Crippen LogP) is 4.55. The second-order valence-electron chi connectivity index (χ2n) is 5.37. The lowest BCUT2D eigenvalue weighted by atomic mass is 10.0. The Bertz CT molecular complexity index is 352. The summed E-state index contributed by atoms with van der Waals surface area (Å²) in [7, 11) is 0. The summed E-state index contributed by atoms with van der Waals surface area (Å²) in [5.74, 6) is 1.52. The molecule has 96 valence electrons. The van der Waals surface area contributed by atoms with Crippen LogP contribution in [0.15, 0.2) is 12.1 Å². The van der Waals surface area contributed by atoms with Crippen LogP contribution in [0, 0.1) is 0 Å². The summed E-state index contributed by atoms with van der Waals surface area (Å²) in [5.41, 5.74) is 3.49. The molecule has 0 atom stereocenters. The van der Waals surface area contributed by atoms with Crippen molar-refractivity contribution >= 4 is 11.8 Å². The van der Waals surface area contributed by atoms with E-state index in [4.69, 9.17) is 0 Å². The minimum atomic E-state index is 0.288. The molecule has 1 aromatic carbocycles. The van der Waals surface area contributed by atoms with Crippen LogP contribution in [-0.2, 0) is 18.6 Å². The topological polar surface area (TPSA) is 20.2 Å². The van der Waals surface area contributed by atoms with Crippen molar-refractivity contribution < 1.29 is 5.11 Å². The van der Waals surface area contributed by atoms with Gasteiger partial charge in [0.25, 0.3) is 0 Å². The third kappa shape index (κ3) is 4.27. The number of aromatic hydroxyl groups is 1. The van der Waals surface area contributed by atoms with Crippen molar-refractivity contribution in [1.29, 1.82) is 0 Å². The molecule has 2 heteroatoms. The molecule has 0 aromatic heterocycles. The van der Waals surface area contributed by atoms with Crippen LogP contribution in [0.2, 0.25) is 0 Å². The van der Waals surface area contributed by atoms with E-state index in [1.165, 1.54) is 5.56 Å². The molecule has 0 saturated carbocycles. The molecule has 0 amide bonds. The van der Waals surface area contributed by atoms with Gasteiger partial charge in [-0.3, -0.25) is 0 Å². The summed E-state index contributed by atoms with van der Waals surface area (Å²) in [5, 5.41) is 10.0. The molecular formula is C15H24OS. The van der Waals surface area contributed by atoms with E-state index in [2.05, 4.69) is 46.8 Å². The molecule has 0 spiro atoms. The lowest BCUT2D eigenvalue weighted by molar-refractivity contribution is 0.462. The number of rotatable bonds is 4. The van der Waals surface area contributed by atoms with Gasteiger partial charge in [-0.15, -0.1) is 0 Å². The van der Waals surface area contributed by atoms with Crippen LogP contribution in [-0.4, -0.2) is 9.85 Å². The van der Waals surface area contributed by atoms with E-state index < -0.39 is 0 Å². The molecule has 0 saturated heterocycles. The molecule has 1 nitrogen and oxygen atoms in total. The number of aryl methyl sites for hydroxylation is 2. The Labute approximate surface area is 110 Å². The van der Waals surface area contributed by atoms with Crippen molar-refractivity contribution in [2.75, 3.05) is 0 Å². The second kappa shape index (κ2) is 5.81. The molecule has 0 aliphatic rings. The third-order valence-electron chi connectivity index (χ3n) is 2.76. The van der Waals surface area contributed by atoms with Gasteiger partial charge in [0.15, 0.2) is 0 Å². The number of hydrogen-bond donors (Lipinski definition) is 1.